The highest BCUT2D eigenvalue weighted by Gasteiger charge is 2.39. The summed E-state index contributed by atoms with van der Waals surface area (Å²) >= 11 is 0. The Morgan fingerprint density at radius 2 is 1.21 bits per heavy atom. The van der Waals surface area contributed by atoms with Gasteiger partial charge in [-0.2, -0.15) is 0 Å². The van der Waals surface area contributed by atoms with E-state index >= 15 is 0 Å². The Morgan fingerprint density at radius 1 is 0.750 bits per heavy atom. The van der Waals surface area contributed by atoms with Crippen molar-refractivity contribution in [2.45, 2.75) is 33.2 Å². The van der Waals surface area contributed by atoms with E-state index in [0.29, 0.717) is 43.1 Å². The second-order valence-electron chi connectivity index (χ2n) is 5.02. The van der Waals surface area contributed by atoms with Crippen molar-refractivity contribution in [2.75, 3.05) is 41.2 Å². The Hall–Kier alpha value is -1.28. The predicted octanol–water partition coefficient (Wildman–Crippen LogP) is 3.30. The van der Waals surface area contributed by atoms with Crippen molar-refractivity contribution in [1.29, 1.82) is 0 Å². The molecule has 0 aliphatic heterocycles. The first-order chi connectivity index (χ1) is 11.6. The van der Waals surface area contributed by atoms with Crippen LogP contribution in [0.2, 0.25) is 6.04 Å². The number of hydrogen-bond donors (Lipinski definition) is 0. The molecule has 0 aliphatic rings. The lowest BCUT2D eigenvalue weighted by atomic mass is 10.1. The van der Waals surface area contributed by atoms with Gasteiger partial charge in [-0.25, -0.2) is 0 Å². The van der Waals surface area contributed by atoms with Crippen LogP contribution in [0.1, 0.15) is 26.3 Å². The van der Waals surface area contributed by atoms with Crippen LogP contribution in [-0.4, -0.2) is 50.0 Å². The maximum absolute atomic E-state index is 5.90. The second kappa shape index (κ2) is 10.6. The summed E-state index contributed by atoms with van der Waals surface area (Å²) < 4.78 is 33.9. The van der Waals surface area contributed by atoms with E-state index in [-0.39, 0.29) is 0 Å². The second-order valence-corrected chi connectivity index (χ2v) is 7.75. The predicted molar refractivity (Wildman–Crippen MR) is 95.2 cm³/mol. The topological polar surface area (TPSA) is 55.4 Å². The van der Waals surface area contributed by atoms with E-state index in [0.717, 1.165) is 12.0 Å². The minimum atomic E-state index is -2.67. The Morgan fingerprint density at radius 3 is 1.54 bits per heavy atom. The third kappa shape index (κ3) is 5.37. The van der Waals surface area contributed by atoms with E-state index in [1.807, 2.05) is 32.9 Å². The first-order valence-electron chi connectivity index (χ1n) is 8.30. The van der Waals surface area contributed by atoms with E-state index in [1.54, 1.807) is 21.3 Å². The van der Waals surface area contributed by atoms with Gasteiger partial charge in [0.2, 0.25) is 5.75 Å². The van der Waals surface area contributed by atoms with Crippen LogP contribution in [0.25, 0.3) is 0 Å². The molecule has 0 fully saturated rings. The molecule has 0 N–H and O–H groups in total. The summed E-state index contributed by atoms with van der Waals surface area (Å²) in [5, 5.41) is 0. The molecule has 6 nitrogen and oxygen atoms in total. The Balaban J connectivity index is 3.01. The van der Waals surface area contributed by atoms with Gasteiger partial charge >= 0.3 is 8.80 Å². The number of ether oxygens (including phenoxy) is 3. The normalized spacial score (nSPS) is 11.4. The minimum absolute atomic E-state index is 0.571. The highest BCUT2D eigenvalue weighted by atomic mass is 28.4. The van der Waals surface area contributed by atoms with E-state index in [2.05, 4.69) is 0 Å². The maximum Gasteiger partial charge on any atom is 0.501 e. The van der Waals surface area contributed by atoms with Gasteiger partial charge in [-0.3, -0.25) is 0 Å². The number of methoxy groups -OCH3 is 3. The molecule has 0 spiro atoms. The number of hydrogen-bond acceptors (Lipinski definition) is 6. The van der Waals surface area contributed by atoms with Crippen molar-refractivity contribution >= 4 is 8.80 Å². The van der Waals surface area contributed by atoms with Crippen molar-refractivity contribution in [3.05, 3.63) is 17.7 Å². The number of rotatable bonds is 12. The van der Waals surface area contributed by atoms with Crippen LogP contribution in [0.15, 0.2) is 12.1 Å². The van der Waals surface area contributed by atoms with Crippen LogP contribution < -0.4 is 14.2 Å². The average Bonchev–Trinajstić information content (AvgIpc) is 2.59. The standard InChI is InChI=1S/C17H30O6Si/c1-7-21-24(22-8-2,23-9-3)11-10-14-12-15(18-4)17(20-6)16(13-14)19-5/h12-13H,7-11H2,1-6H3. The number of aryl methyl sites for hydroxylation is 1. The zero-order valence-corrected chi connectivity index (χ0v) is 16.6. The van der Waals surface area contributed by atoms with Crippen molar-refractivity contribution in [2.24, 2.45) is 0 Å². The fraction of sp³-hybridized carbons (Fsp3) is 0.647. The Labute approximate surface area is 146 Å². The van der Waals surface area contributed by atoms with Gasteiger partial charge < -0.3 is 27.5 Å². The van der Waals surface area contributed by atoms with Gasteiger partial charge in [0.15, 0.2) is 11.5 Å². The van der Waals surface area contributed by atoms with Gasteiger partial charge in [0, 0.05) is 25.9 Å². The highest BCUT2D eigenvalue weighted by molar-refractivity contribution is 6.60. The average molecular weight is 359 g/mol. The molecular weight excluding hydrogens is 328 g/mol. The van der Waals surface area contributed by atoms with Crippen LogP contribution in [0.3, 0.4) is 0 Å². The SMILES string of the molecule is CCO[Si](CCc1cc(OC)c(OC)c(OC)c1)(OCC)OCC. The summed E-state index contributed by atoms with van der Waals surface area (Å²) in [4.78, 5) is 0. The van der Waals surface area contributed by atoms with Crippen LogP contribution in [0.4, 0.5) is 0 Å². The molecule has 0 heterocycles. The first kappa shape index (κ1) is 20.8. The molecule has 1 aromatic carbocycles. The monoisotopic (exact) mass is 358 g/mol. The van der Waals surface area contributed by atoms with E-state index < -0.39 is 8.80 Å². The molecule has 24 heavy (non-hydrogen) atoms. The molecular formula is C17H30O6Si. The molecule has 1 rings (SSSR count). The van der Waals surface area contributed by atoms with Crippen LogP contribution >= 0.6 is 0 Å². The lowest BCUT2D eigenvalue weighted by Crippen LogP contribution is -2.46. The summed E-state index contributed by atoms with van der Waals surface area (Å²) in [5.74, 6) is 1.87. The molecule has 0 atom stereocenters. The zero-order valence-electron chi connectivity index (χ0n) is 15.6. The largest absolute Gasteiger partial charge is 0.501 e. The van der Waals surface area contributed by atoms with Crippen LogP contribution in [-0.2, 0) is 19.7 Å². The Kier molecular flexibility index (Phi) is 9.13. The van der Waals surface area contributed by atoms with Crippen molar-refractivity contribution in [3.8, 4) is 17.2 Å². The molecule has 1 aromatic rings. The van der Waals surface area contributed by atoms with Crippen molar-refractivity contribution < 1.29 is 27.5 Å². The summed E-state index contributed by atoms with van der Waals surface area (Å²) in [5.41, 5.74) is 1.06. The van der Waals surface area contributed by atoms with Crippen molar-refractivity contribution in [3.63, 3.8) is 0 Å². The summed E-state index contributed by atoms with van der Waals surface area (Å²) in [6.45, 7) is 7.59. The van der Waals surface area contributed by atoms with Crippen molar-refractivity contribution in [1.82, 2.24) is 0 Å². The summed E-state index contributed by atoms with van der Waals surface area (Å²) in [6.07, 6.45) is 0.739. The zero-order chi connectivity index (χ0) is 18.0. The maximum atomic E-state index is 5.90. The lowest BCUT2D eigenvalue weighted by Gasteiger charge is -2.28. The summed E-state index contributed by atoms with van der Waals surface area (Å²) in [7, 11) is 2.15. The van der Waals surface area contributed by atoms with Crippen LogP contribution in [0, 0.1) is 0 Å². The third-order valence-electron chi connectivity index (χ3n) is 3.54. The summed E-state index contributed by atoms with van der Waals surface area (Å²) in [6, 6.07) is 4.59. The molecule has 7 heteroatoms. The molecule has 0 aliphatic carbocycles. The first-order valence-corrected chi connectivity index (χ1v) is 10.2. The van der Waals surface area contributed by atoms with Crippen LogP contribution in [0.5, 0.6) is 17.2 Å². The molecule has 138 valence electrons. The molecule has 0 aromatic heterocycles. The van der Waals surface area contributed by atoms with Gasteiger partial charge in [0.05, 0.1) is 21.3 Å². The van der Waals surface area contributed by atoms with Gasteiger partial charge in [0.25, 0.3) is 0 Å². The van der Waals surface area contributed by atoms with Gasteiger partial charge in [-0.1, -0.05) is 0 Å². The Bertz CT molecular complexity index is 452. The van der Waals surface area contributed by atoms with Gasteiger partial charge in [-0.15, -0.1) is 0 Å². The quantitative estimate of drug-likeness (QED) is 0.534. The lowest BCUT2D eigenvalue weighted by molar-refractivity contribution is 0.0714. The molecule has 0 saturated carbocycles. The van der Waals surface area contributed by atoms with E-state index in [4.69, 9.17) is 27.5 Å². The van der Waals surface area contributed by atoms with E-state index in [9.17, 15) is 0 Å². The molecule has 0 saturated heterocycles. The molecule has 0 bridgehead atoms. The fourth-order valence-electron chi connectivity index (χ4n) is 2.58. The minimum Gasteiger partial charge on any atom is -0.493 e. The fourth-order valence-corrected chi connectivity index (χ4v) is 5.18. The molecule has 0 unspecified atom stereocenters. The van der Waals surface area contributed by atoms with E-state index in [1.165, 1.54) is 0 Å². The molecule has 0 radical (unpaired) electrons. The van der Waals surface area contributed by atoms with Gasteiger partial charge in [0.1, 0.15) is 0 Å². The third-order valence-corrected chi connectivity index (χ3v) is 6.59. The molecule has 0 amide bonds. The highest BCUT2D eigenvalue weighted by Crippen LogP contribution is 2.38. The smallest absolute Gasteiger partial charge is 0.493 e. The van der Waals surface area contributed by atoms with Gasteiger partial charge in [-0.05, 0) is 44.9 Å². The number of benzene rings is 1.